The summed E-state index contributed by atoms with van der Waals surface area (Å²) in [6.07, 6.45) is 4.62. The van der Waals surface area contributed by atoms with Crippen LogP contribution in [0.5, 0.6) is 0 Å². The average molecular weight is 183 g/mol. The van der Waals surface area contributed by atoms with E-state index in [1.807, 2.05) is 6.92 Å². The number of hydrogen-bond acceptors (Lipinski definition) is 2. The Morgan fingerprint density at radius 3 is 2.77 bits per heavy atom. The van der Waals surface area contributed by atoms with Gasteiger partial charge in [0.2, 0.25) is 5.91 Å². The number of carbonyl (C=O) groups is 1. The second kappa shape index (κ2) is 3.66. The molecule has 2 rings (SSSR count). The van der Waals surface area contributed by atoms with Crippen LogP contribution in [0, 0.1) is 11.8 Å². The van der Waals surface area contributed by atoms with Crippen LogP contribution in [-0.4, -0.2) is 24.1 Å². The van der Waals surface area contributed by atoms with Crippen molar-refractivity contribution in [2.24, 2.45) is 11.8 Å². The van der Waals surface area contributed by atoms with E-state index < -0.39 is 0 Å². The number of amides is 1. The predicted molar refractivity (Wildman–Crippen MR) is 48.8 cm³/mol. The molecule has 2 aliphatic rings. The van der Waals surface area contributed by atoms with Crippen LogP contribution in [0.25, 0.3) is 0 Å². The summed E-state index contributed by atoms with van der Waals surface area (Å²) in [4.78, 5) is 17.1. The Kier molecular flexibility index (Phi) is 2.54. The van der Waals surface area contributed by atoms with Gasteiger partial charge >= 0.3 is 0 Å². The van der Waals surface area contributed by atoms with Crippen LogP contribution in [0.4, 0.5) is 0 Å². The topological polar surface area (TPSA) is 29.5 Å². The largest absolute Gasteiger partial charge is 0.272 e. The van der Waals surface area contributed by atoms with E-state index in [1.54, 1.807) is 5.06 Å². The van der Waals surface area contributed by atoms with Crippen molar-refractivity contribution in [3.8, 4) is 0 Å². The summed E-state index contributed by atoms with van der Waals surface area (Å²) in [6, 6.07) is 0. The lowest BCUT2D eigenvalue weighted by Gasteiger charge is -2.28. The molecule has 0 N–H and O–H groups in total. The van der Waals surface area contributed by atoms with Gasteiger partial charge in [-0.05, 0) is 31.6 Å². The summed E-state index contributed by atoms with van der Waals surface area (Å²) < 4.78 is 0. The molecule has 74 valence electrons. The first-order valence-electron chi connectivity index (χ1n) is 5.23. The van der Waals surface area contributed by atoms with Gasteiger partial charge in [0.25, 0.3) is 0 Å². The molecule has 0 spiro atoms. The first-order chi connectivity index (χ1) is 6.29. The molecule has 0 bridgehead atoms. The summed E-state index contributed by atoms with van der Waals surface area (Å²) in [5, 5.41) is 1.58. The number of nitrogens with zero attached hydrogens (tertiary/aromatic N) is 1. The second-order valence-corrected chi connectivity index (χ2v) is 4.11. The standard InChI is InChI=1S/C10H17NO2/c1-8(9-4-5-9)10(12)11-6-2-3-7-13-11/h8-9H,2-7H2,1H3. The van der Waals surface area contributed by atoms with E-state index in [0.29, 0.717) is 12.5 Å². The molecule has 2 fully saturated rings. The minimum Gasteiger partial charge on any atom is -0.272 e. The number of carbonyl (C=O) groups excluding carboxylic acids is 1. The smallest absolute Gasteiger partial charge is 0.249 e. The van der Waals surface area contributed by atoms with Crippen LogP contribution in [0.15, 0.2) is 0 Å². The SMILES string of the molecule is CC(C(=O)N1CCCCO1)C1CC1. The van der Waals surface area contributed by atoms with Gasteiger partial charge in [0.05, 0.1) is 6.61 Å². The molecule has 1 atom stereocenters. The minimum absolute atomic E-state index is 0.179. The molecule has 1 unspecified atom stereocenters. The molecule has 0 radical (unpaired) electrons. The monoisotopic (exact) mass is 183 g/mol. The lowest BCUT2D eigenvalue weighted by molar-refractivity contribution is -0.201. The van der Waals surface area contributed by atoms with Gasteiger partial charge in [0, 0.05) is 12.5 Å². The maximum absolute atomic E-state index is 11.8. The van der Waals surface area contributed by atoms with Crippen molar-refractivity contribution in [3.63, 3.8) is 0 Å². The van der Waals surface area contributed by atoms with E-state index in [1.165, 1.54) is 12.8 Å². The first kappa shape index (κ1) is 9.00. The van der Waals surface area contributed by atoms with Gasteiger partial charge in [-0.15, -0.1) is 0 Å². The second-order valence-electron chi connectivity index (χ2n) is 4.11. The van der Waals surface area contributed by atoms with Gasteiger partial charge < -0.3 is 0 Å². The van der Waals surface area contributed by atoms with Crippen LogP contribution in [0.1, 0.15) is 32.6 Å². The van der Waals surface area contributed by atoms with Gasteiger partial charge in [-0.2, -0.15) is 0 Å². The number of hydrogen-bond donors (Lipinski definition) is 0. The Balaban J connectivity index is 1.86. The summed E-state index contributed by atoms with van der Waals surface area (Å²) in [5.41, 5.74) is 0. The molecule has 1 amide bonds. The maximum atomic E-state index is 11.8. The Labute approximate surface area is 79.0 Å². The number of hydroxylamine groups is 2. The van der Waals surface area contributed by atoms with E-state index >= 15 is 0 Å². The lowest BCUT2D eigenvalue weighted by atomic mass is 10.1. The number of rotatable bonds is 2. The van der Waals surface area contributed by atoms with Crippen molar-refractivity contribution < 1.29 is 9.63 Å². The third-order valence-corrected chi connectivity index (χ3v) is 2.97. The predicted octanol–water partition coefficient (Wildman–Crippen LogP) is 1.59. The molecule has 1 aliphatic heterocycles. The van der Waals surface area contributed by atoms with Crippen LogP contribution < -0.4 is 0 Å². The summed E-state index contributed by atoms with van der Waals surface area (Å²) >= 11 is 0. The zero-order chi connectivity index (χ0) is 9.26. The fraction of sp³-hybridized carbons (Fsp3) is 0.900. The van der Waals surface area contributed by atoms with Crippen LogP contribution in [0.2, 0.25) is 0 Å². The summed E-state index contributed by atoms with van der Waals surface area (Å²) in [5.74, 6) is 1.01. The highest BCUT2D eigenvalue weighted by molar-refractivity contribution is 5.78. The molecule has 0 aromatic heterocycles. The zero-order valence-electron chi connectivity index (χ0n) is 8.16. The molecule has 1 heterocycles. The summed E-state index contributed by atoms with van der Waals surface area (Å²) in [7, 11) is 0. The van der Waals surface area contributed by atoms with E-state index in [2.05, 4.69) is 0 Å². The van der Waals surface area contributed by atoms with E-state index in [0.717, 1.165) is 19.4 Å². The molecule has 1 saturated carbocycles. The molecular formula is C10H17NO2. The molecule has 1 saturated heterocycles. The van der Waals surface area contributed by atoms with Crippen LogP contribution in [0.3, 0.4) is 0 Å². The maximum Gasteiger partial charge on any atom is 0.249 e. The van der Waals surface area contributed by atoms with Gasteiger partial charge in [-0.25, -0.2) is 5.06 Å². The van der Waals surface area contributed by atoms with Crippen molar-refractivity contribution in [3.05, 3.63) is 0 Å². The van der Waals surface area contributed by atoms with Gasteiger partial charge in [0.1, 0.15) is 0 Å². The summed E-state index contributed by atoms with van der Waals surface area (Å²) in [6.45, 7) is 3.52. The molecule has 3 heteroatoms. The fourth-order valence-electron chi connectivity index (χ4n) is 1.80. The highest BCUT2D eigenvalue weighted by Gasteiger charge is 2.35. The van der Waals surface area contributed by atoms with Gasteiger partial charge in [-0.1, -0.05) is 6.92 Å². The Morgan fingerprint density at radius 2 is 2.23 bits per heavy atom. The highest BCUT2D eigenvalue weighted by Crippen LogP contribution is 2.37. The lowest BCUT2D eigenvalue weighted by Crippen LogP contribution is -2.39. The quantitative estimate of drug-likeness (QED) is 0.650. The van der Waals surface area contributed by atoms with Crippen molar-refractivity contribution in [2.45, 2.75) is 32.6 Å². The Hall–Kier alpha value is -0.570. The molecule has 3 nitrogen and oxygen atoms in total. The molecule has 13 heavy (non-hydrogen) atoms. The molecular weight excluding hydrogens is 166 g/mol. The van der Waals surface area contributed by atoms with E-state index in [-0.39, 0.29) is 11.8 Å². The van der Waals surface area contributed by atoms with Crippen LogP contribution >= 0.6 is 0 Å². The van der Waals surface area contributed by atoms with Crippen molar-refractivity contribution >= 4 is 5.91 Å². The minimum atomic E-state index is 0.179. The van der Waals surface area contributed by atoms with Crippen molar-refractivity contribution in [2.75, 3.05) is 13.2 Å². The highest BCUT2D eigenvalue weighted by atomic mass is 16.7. The van der Waals surface area contributed by atoms with Gasteiger partial charge in [0.15, 0.2) is 0 Å². The van der Waals surface area contributed by atoms with E-state index in [9.17, 15) is 4.79 Å². The van der Waals surface area contributed by atoms with Crippen molar-refractivity contribution in [1.29, 1.82) is 0 Å². The average Bonchev–Trinajstić information content (AvgIpc) is 3.00. The fourth-order valence-corrected chi connectivity index (χ4v) is 1.80. The molecule has 0 aromatic carbocycles. The Morgan fingerprint density at radius 1 is 1.46 bits per heavy atom. The Bertz CT molecular complexity index is 195. The third-order valence-electron chi connectivity index (χ3n) is 2.97. The van der Waals surface area contributed by atoms with Gasteiger partial charge in [-0.3, -0.25) is 9.63 Å². The molecule has 1 aliphatic carbocycles. The van der Waals surface area contributed by atoms with E-state index in [4.69, 9.17) is 4.84 Å². The van der Waals surface area contributed by atoms with Crippen LogP contribution in [-0.2, 0) is 9.63 Å². The zero-order valence-corrected chi connectivity index (χ0v) is 8.16. The van der Waals surface area contributed by atoms with Crippen molar-refractivity contribution in [1.82, 2.24) is 5.06 Å². The molecule has 0 aromatic rings. The normalized spacial score (nSPS) is 25.8. The third kappa shape index (κ3) is 2.02. The first-order valence-corrected chi connectivity index (χ1v) is 5.23.